The van der Waals surface area contributed by atoms with Crippen LogP contribution >= 0.6 is 0 Å². The lowest BCUT2D eigenvalue weighted by Crippen LogP contribution is -2.68. The first-order chi connectivity index (χ1) is 19.8. The van der Waals surface area contributed by atoms with E-state index in [0.717, 1.165) is 6.92 Å². The number of hydrogen-bond acceptors (Lipinski definition) is 15. The Kier molecular flexibility index (Phi) is 12.4. The molecule has 3 heterocycles. The van der Waals surface area contributed by atoms with Gasteiger partial charge in [0.25, 0.3) is 0 Å². The molecule has 0 bridgehead atoms. The summed E-state index contributed by atoms with van der Waals surface area (Å²) >= 11 is 0. The van der Waals surface area contributed by atoms with Crippen LogP contribution in [-0.2, 0) is 38.1 Å². The van der Waals surface area contributed by atoms with E-state index in [-0.39, 0.29) is 6.61 Å². The highest BCUT2D eigenvalue weighted by atomic mass is 16.7. The summed E-state index contributed by atoms with van der Waals surface area (Å²) in [6, 6.07) is -3.61. The van der Waals surface area contributed by atoms with Gasteiger partial charge in [0.1, 0.15) is 67.0 Å². The molecule has 0 aromatic rings. The first kappa shape index (κ1) is 34.4. The van der Waals surface area contributed by atoms with Crippen LogP contribution in [0.2, 0.25) is 0 Å². The van der Waals surface area contributed by atoms with Crippen molar-refractivity contribution in [1.82, 2.24) is 16.0 Å². The number of hydrogen-bond donors (Lipinski definition) is 10. The van der Waals surface area contributed by atoms with E-state index < -0.39 is 123 Å². The van der Waals surface area contributed by atoms with E-state index >= 15 is 0 Å². The highest BCUT2D eigenvalue weighted by Crippen LogP contribution is 2.29. The lowest BCUT2D eigenvalue weighted by Gasteiger charge is -2.47. The second-order valence-electron chi connectivity index (χ2n) is 10.5. The van der Waals surface area contributed by atoms with Crippen molar-refractivity contribution < 1.29 is 73.8 Å². The number of rotatable bonds is 10. The van der Waals surface area contributed by atoms with Gasteiger partial charge in [0.05, 0.1) is 32.5 Å². The molecular weight excluding hydrogens is 570 g/mol. The van der Waals surface area contributed by atoms with Crippen molar-refractivity contribution in [3.63, 3.8) is 0 Å². The van der Waals surface area contributed by atoms with E-state index in [4.69, 9.17) is 23.7 Å². The van der Waals surface area contributed by atoms with Gasteiger partial charge < -0.3 is 75.4 Å². The Hall–Kier alpha value is -2.07. The van der Waals surface area contributed by atoms with Gasteiger partial charge in [0.15, 0.2) is 12.6 Å². The fourth-order valence-corrected chi connectivity index (χ4v) is 5.11. The summed E-state index contributed by atoms with van der Waals surface area (Å²) in [6.07, 6.45) is -16.0. The van der Waals surface area contributed by atoms with Gasteiger partial charge >= 0.3 is 0 Å². The van der Waals surface area contributed by atoms with Crippen molar-refractivity contribution >= 4 is 17.7 Å². The summed E-state index contributed by atoms with van der Waals surface area (Å²) in [5, 5.41) is 79.4. The van der Waals surface area contributed by atoms with Crippen molar-refractivity contribution in [2.75, 3.05) is 26.4 Å². The minimum atomic E-state index is -1.65. The summed E-state index contributed by atoms with van der Waals surface area (Å²) in [5.74, 6) is -1.68. The molecule has 3 aliphatic heterocycles. The van der Waals surface area contributed by atoms with Gasteiger partial charge in [-0.05, 0) is 0 Å². The number of ether oxygens (including phenoxy) is 5. The first-order valence-electron chi connectivity index (χ1n) is 13.4. The van der Waals surface area contributed by atoms with Crippen LogP contribution in [-0.4, -0.2) is 166 Å². The Bertz CT molecular complexity index is 930. The highest BCUT2D eigenvalue weighted by molar-refractivity contribution is 5.74. The SMILES string of the molecule is CC(=O)N[C@H]1[C@H](OC[C@H]2OC[C@H](NC(C)=O)[C@@H](O)[C@@H]2O[C@@H]2O[C@H](CO)[C@@H](O)[C@H](O)[C@H]2NC(C)=O)O[C@H](CO)[C@@H](O)[C@@H]1O. The largest absolute Gasteiger partial charge is 0.394 e. The smallest absolute Gasteiger partial charge is 0.217 e. The number of carbonyl (C=O) groups excluding carboxylic acids is 3. The van der Waals surface area contributed by atoms with Crippen molar-refractivity contribution in [2.45, 2.75) is 106 Å². The maximum Gasteiger partial charge on any atom is 0.217 e. The molecule has 0 aliphatic carbocycles. The van der Waals surface area contributed by atoms with Gasteiger partial charge in [-0.1, -0.05) is 0 Å². The summed E-state index contributed by atoms with van der Waals surface area (Å²) in [6.45, 7) is 1.48. The predicted octanol–water partition coefficient (Wildman–Crippen LogP) is -6.46. The van der Waals surface area contributed by atoms with Crippen LogP contribution in [0.4, 0.5) is 0 Å². The van der Waals surface area contributed by atoms with Gasteiger partial charge in [-0.2, -0.15) is 0 Å². The van der Waals surface area contributed by atoms with Gasteiger partial charge in [0.2, 0.25) is 17.7 Å². The Morgan fingerprint density at radius 3 is 1.64 bits per heavy atom. The van der Waals surface area contributed by atoms with Gasteiger partial charge in [0, 0.05) is 20.8 Å². The zero-order valence-corrected chi connectivity index (χ0v) is 23.3. The molecule has 242 valence electrons. The van der Waals surface area contributed by atoms with Crippen LogP contribution in [0.15, 0.2) is 0 Å². The van der Waals surface area contributed by atoms with Gasteiger partial charge in [-0.3, -0.25) is 14.4 Å². The van der Waals surface area contributed by atoms with Crippen LogP contribution in [0.1, 0.15) is 20.8 Å². The molecular formula is C24H41N3O15. The Balaban J connectivity index is 1.85. The standard InChI is InChI=1S/C24H41N3O15/c1-8(30)25-11-6-38-14(7-39-23-15(26-9(2)31)20(36)18(34)12(4-28)40-23)22(17(11)33)42-24-16(27-10(3)32)21(37)19(35)13(5-29)41-24/h11-24,28-29,33-37H,4-7H2,1-3H3,(H,25,30)(H,26,31)(H,27,32)/t11-,12+,13+,14+,15+,16+,17+,18+,19+,20+,21+,22+,23+,24-/m0/s1. The molecule has 18 nitrogen and oxygen atoms in total. The number of aliphatic hydroxyl groups is 7. The third-order valence-corrected chi connectivity index (χ3v) is 7.21. The van der Waals surface area contributed by atoms with Gasteiger partial charge in [-0.15, -0.1) is 0 Å². The van der Waals surface area contributed by atoms with Crippen LogP contribution in [0.3, 0.4) is 0 Å². The third kappa shape index (κ3) is 8.10. The molecule has 0 aromatic heterocycles. The van der Waals surface area contributed by atoms with Crippen LogP contribution < -0.4 is 16.0 Å². The van der Waals surface area contributed by atoms with E-state index in [1.807, 2.05) is 0 Å². The van der Waals surface area contributed by atoms with E-state index in [2.05, 4.69) is 16.0 Å². The fraction of sp³-hybridized carbons (Fsp3) is 0.875. The molecule has 0 saturated carbocycles. The fourth-order valence-electron chi connectivity index (χ4n) is 5.11. The molecule has 3 rings (SSSR count). The normalized spacial score (nSPS) is 42.4. The zero-order chi connectivity index (χ0) is 31.3. The second-order valence-corrected chi connectivity index (χ2v) is 10.5. The predicted molar refractivity (Wildman–Crippen MR) is 135 cm³/mol. The van der Waals surface area contributed by atoms with Crippen molar-refractivity contribution in [3.8, 4) is 0 Å². The molecule has 3 amide bonds. The van der Waals surface area contributed by atoms with E-state index in [0.29, 0.717) is 0 Å². The monoisotopic (exact) mass is 611 g/mol. The van der Waals surface area contributed by atoms with E-state index in [1.54, 1.807) is 0 Å². The summed E-state index contributed by atoms with van der Waals surface area (Å²) < 4.78 is 28.7. The van der Waals surface area contributed by atoms with Crippen molar-refractivity contribution in [1.29, 1.82) is 0 Å². The lowest BCUT2D eigenvalue weighted by atomic mass is 9.95. The molecule has 0 spiro atoms. The van der Waals surface area contributed by atoms with Crippen LogP contribution in [0, 0.1) is 0 Å². The van der Waals surface area contributed by atoms with Gasteiger partial charge in [-0.25, -0.2) is 0 Å². The summed E-state index contributed by atoms with van der Waals surface area (Å²) in [5.41, 5.74) is 0. The number of aliphatic hydroxyl groups excluding tert-OH is 7. The number of amides is 3. The molecule has 0 unspecified atom stereocenters. The number of carbonyl (C=O) groups is 3. The first-order valence-corrected chi connectivity index (χ1v) is 13.4. The highest BCUT2D eigenvalue weighted by Gasteiger charge is 2.51. The van der Waals surface area contributed by atoms with Crippen molar-refractivity contribution in [2.24, 2.45) is 0 Å². The molecule has 0 aromatic carbocycles. The minimum Gasteiger partial charge on any atom is -0.394 e. The Labute approximate surface area is 240 Å². The van der Waals surface area contributed by atoms with Crippen LogP contribution in [0.5, 0.6) is 0 Å². The summed E-state index contributed by atoms with van der Waals surface area (Å²) in [4.78, 5) is 35.3. The average Bonchev–Trinajstić information content (AvgIpc) is 2.92. The molecule has 10 N–H and O–H groups in total. The molecule has 14 atom stereocenters. The molecule has 18 heteroatoms. The topological polar surface area (TPSA) is 275 Å². The average molecular weight is 612 g/mol. The number of nitrogens with one attached hydrogen (secondary N) is 3. The lowest BCUT2D eigenvalue weighted by molar-refractivity contribution is -0.317. The molecule has 0 radical (unpaired) electrons. The van der Waals surface area contributed by atoms with E-state index in [1.165, 1.54) is 13.8 Å². The zero-order valence-electron chi connectivity index (χ0n) is 23.3. The maximum absolute atomic E-state index is 11.8. The van der Waals surface area contributed by atoms with Crippen molar-refractivity contribution in [3.05, 3.63) is 0 Å². The Morgan fingerprint density at radius 1 is 0.690 bits per heavy atom. The quantitative estimate of drug-likeness (QED) is 0.110. The Morgan fingerprint density at radius 2 is 1.17 bits per heavy atom. The second kappa shape index (κ2) is 15.1. The third-order valence-electron chi connectivity index (χ3n) is 7.21. The summed E-state index contributed by atoms with van der Waals surface area (Å²) in [7, 11) is 0. The maximum atomic E-state index is 11.8. The molecule has 3 saturated heterocycles. The molecule has 42 heavy (non-hydrogen) atoms. The molecule has 3 aliphatic rings. The van der Waals surface area contributed by atoms with Crippen LogP contribution in [0.25, 0.3) is 0 Å². The minimum absolute atomic E-state index is 0.211. The molecule has 3 fully saturated rings. The van der Waals surface area contributed by atoms with E-state index in [9.17, 15) is 50.1 Å².